The normalized spacial score (nSPS) is 30.7. The first-order chi connectivity index (χ1) is 8.18. The van der Waals surface area contributed by atoms with Gasteiger partial charge in [-0.1, -0.05) is 33.1 Å². The lowest BCUT2D eigenvalue weighted by Gasteiger charge is -2.42. The van der Waals surface area contributed by atoms with Crippen molar-refractivity contribution in [1.82, 2.24) is 10.2 Å². The van der Waals surface area contributed by atoms with Crippen LogP contribution in [-0.2, 0) is 0 Å². The average Bonchev–Trinajstić information content (AvgIpc) is 2.39. The van der Waals surface area contributed by atoms with Crippen LogP contribution in [0.3, 0.4) is 0 Å². The van der Waals surface area contributed by atoms with Crippen molar-refractivity contribution in [2.75, 3.05) is 19.6 Å². The van der Waals surface area contributed by atoms with E-state index in [2.05, 4.69) is 31.0 Å². The standard InChI is InChI=1S/C15H30N2/c1-12(2)15-11-17(10-9-16-15)13(3)14-7-5-4-6-8-14/h12-16H,4-11H2,1-3H3. The molecule has 0 radical (unpaired) electrons. The number of piperazine rings is 1. The van der Waals surface area contributed by atoms with Gasteiger partial charge in [0.1, 0.15) is 0 Å². The van der Waals surface area contributed by atoms with Crippen molar-refractivity contribution in [3.8, 4) is 0 Å². The molecule has 1 aliphatic carbocycles. The molecule has 0 aromatic rings. The molecule has 1 saturated carbocycles. The van der Waals surface area contributed by atoms with Crippen molar-refractivity contribution >= 4 is 0 Å². The topological polar surface area (TPSA) is 15.3 Å². The zero-order chi connectivity index (χ0) is 12.3. The lowest BCUT2D eigenvalue weighted by Crippen LogP contribution is -2.56. The van der Waals surface area contributed by atoms with Crippen LogP contribution >= 0.6 is 0 Å². The van der Waals surface area contributed by atoms with E-state index in [1.807, 2.05) is 0 Å². The largest absolute Gasteiger partial charge is 0.311 e. The third-order valence-electron chi connectivity index (χ3n) is 4.95. The monoisotopic (exact) mass is 238 g/mol. The maximum Gasteiger partial charge on any atom is 0.0218 e. The van der Waals surface area contributed by atoms with Crippen molar-refractivity contribution in [3.63, 3.8) is 0 Å². The molecule has 2 heteroatoms. The first kappa shape index (κ1) is 13.4. The molecule has 2 nitrogen and oxygen atoms in total. The van der Waals surface area contributed by atoms with E-state index in [-0.39, 0.29) is 0 Å². The molecule has 1 aliphatic heterocycles. The third-order valence-corrected chi connectivity index (χ3v) is 4.95. The van der Waals surface area contributed by atoms with Crippen molar-refractivity contribution in [3.05, 3.63) is 0 Å². The number of nitrogens with zero attached hydrogens (tertiary/aromatic N) is 1. The van der Waals surface area contributed by atoms with Crippen LogP contribution in [0.4, 0.5) is 0 Å². The zero-order valence-electron chi connectivity index (χ0n) is 11.9. The molecule has 1 saturated heterocycles. The molecular formula is C15H30N2. The smallest absolute Gasteiger partial charge is 0.0218 e. The Balaban J connectivity index is 1.87. The molecule has 2 unspecified atom stereocenters. The number of rotatable bonds is 3. The first-order valence-corrected chi connectivity index (χ1v) is 7.66. The summed E-state index contributed by atoms with van der Waals surface area (Å²) in [6.45, 7) is 10.8. The molecule has 100 valence electrons. The molecule has 2 fully saturated rings. The second-order valence-corrected chi connectivity index (χ2v) is 6.44. The van der Waals surface area contributed by atoms with Gasteiger partial charge in [-0.25, -0.2) is 0 Å². The number of hydrogen-bond acceptors (Lipinski definition) is 2. The summed E-state index contributed by atoms with van der Waals surface area (Å²) >= 11 is 0. The quantitative estimate of drug-likeness (QED) is 0.813. The van der Waals surface area contributed by atoms with Gasteiger partial charge < -0.3 is 5.32 Å². The van der Waals surface area contributed by atoms with Crippen LogP contribution in [0.1, 0.15) is 52.9 Å². The van der Waals surface area contributed by atoms with E-state index < -0.39 is 0 Å². The molecule has 0 amide bonds. The van der Waals surface area contributed by atoms with Crippen LogP contribution in [0.15, 0.2) is 0 Å². The van der Waals surface area contributed by atoms with E-state index in [9.17, 15) is 0 Å². The third kappa shape index (κ3) is 3.45. The van der Waals surface area contributed by atoms with Crippen LogP contribution in [0.5, 0.6) is 0 Å². The Morgan fingerprint density at radius 2 is 1.76 bits per heavy atom. The van der Waals surface area contributed by atoms with Crippen molar-refractivity contribution < 1.29 is 0 Å². The van der Waals surface area contributed by atoms with E-state index in [0.717, 1.165) is 17.9 Å². The molecule has 2 atom stereocenters. The minimum absolute atomic E-state index is 0.704. The van der Waals surface area contributed by atoms with Gasteiger partial charge in [0.15, 0.2) is 0 Å². The van der Waals surface area contributed by atoms with Crippen LogP contribution < -0.4 is 5.32 Å². The minimum atomic E-state index is 0.704. The summed E-state index contributed by atoms with van der Waals surface area (Å²) in [7, 11) is 0. The number of nitrogens with one attached hydrogen (secondary N) is 1. The highest BCUT2D eigenvalue weighted by molar-refractivity contribution is 4.86. The van der Waals surface area contributed by atoms with E-state index in [4.69, 9.17) is 0 Å². The maximum atomic E-state index is 3.66. The Morgan fingerprint density at radius 3 is 2.41 bits per heavy atom. The SMILES string of the molecule is CC(C)C1CN(C(C)C2CCCCC2)CCN1. The first-order valence-electron chi connectivity index (χ1n) is 7.66. The van der Waals surface area contributed by atoms with Gasteiger partial charge in [0.25, 0.3) is 0 Å². The second-order valence-electron chi connectivity index (χ2n) is 6.44. The maximum absolute atomic E-state index is 3.66. The Bertz CT molecular complexity index is 221. The predicted octanol–water partition coefficient (Wildman–Crippen LogP) is 2.89. The van der Waals surface area contributed by atoms with Gasteiger partial charge in [-0.05, 0) is 31.6 Å². The van der Waals surface area contributed by atoms with Crippen LogP contribution in [0.25, 0.3) is 0 Å². The molecule has 1 heterocycles. The van der Waals surface area contributed by atoms with Crippen molar-refractivity contribution in [2.45, 2.75) is 65.0 Å². The fourth-order valence-electron chi connectivity index (χ4n) is 3.53. The van der Waals surface area contributed by atoms with Crippen molar-refractivity contribution in [1.29, 1.82) is 0 Å². The van der Waals surface area contributed by atoms with Gasteiger partial charge >= 0.3 is 0 Å². The van der Waals surface area contributed by atoms with E-state index in [1.54, 1.807) is 0 Å². The van der Waals surface area contributed by atoms with E-state index in [1.165, 1.54) is 51.7 Å². The van der Waals surface area contributed by atoms with Gasteiger partial charge in [-0.3, -0.25) is 4.90 Å². The predicted molar refractivity (Wildman–Crippen MR) is 74.2 cm³/mol. The van der Waals surface area contributed by atoms with Gasteiger partial charge in [-0.15, -0.1) is 0 Å². The minimum Gasteiger partial charge on any atom is -0.311 e. The highest BCUT2D eigenvalue weighted by Crippen LogP contribution is 2.29. The highest BCUT2D eigenvalue weighted by Gasteiger charge is 2.29. The summed E-state index contributed by atoms with van der Waals surface area (Å²) in [6.07, 6.45) is 7.34. The molecule has 0 bridgehead atoms. The van der Waals surface area contributed by atoms with Gasteiger partial charge in [0.05, 0.1) is 0 Å². The average molecular weight is 238 g/mol. The summed E-state index contributed by atoms with van der Waals surface area (Å²) in [5, 5.41) is 3.66. The molecule has 0 spiro atoms. The fraction of sp³-hybridized carbons (Fsp3) is 1.00. The Hall–Kier alpha value is -0.0800. The molecular weight excluding hydrogens is 208 g/mol. The summed E-state index contributed by atoms with van der Waals surface area (Å²) in [4.78, 5) is 2.75. The molecule has 1 N–H and O–H groups in total. The Morgan fingerprint density at radius 1 is 1.06 bits per heavy atom. The van der Waals surface area contributed by atoms with Crippen LogP contribution in [0, 0.1) is 11.8 Å². The zero-order valence-corrected chi connectivity index (χ0v) is 11.9. The van der Waals surface area contributed by atoms with Crippen LogP contribution in [-0.4, -0.2) is 36.6 Å². The molecule has 2 aliphatic rings. The molecule has 2 rings (SSSR count). The van der Waals surface area contributed by atoms with Gasteiger partial charge in [0, 0.05) is 31.7 Å². The van der Waals surface area contributed by atoms with Crippen LogP contribution in [0.2, 0.25) is 0 Å². The summed E-state index contributed by atoms with van der Waals surface area (Å²) in [6, 6.07) is 1.51. The van der Waals surface area contributed by atoms with Gasteiger partial charge in [-0.2, -0.15) is 0 Å². The molecule has 0 aromatic carbocycles. The number of hydrogen-bond donors (Lipinski definition) is 1. The second kappa shape index (κ2) is 6.19. The fourth-order valence-corrected chi connectivity index (χ4v) is 3.53. The molecule has 17 heavy (non-hydrogen) atoms. The van der Waals surface area contributed by atoms with E-state index in [0.29, 0.717) is 6.04 Å². The summed E-state index contributed by atoms with van der Waals surface area (Å²) in [5.74, 6) is 1.73. The Kier molecular flexibility index (Phi) is 4.87. The van der Waals surface area contributed by atoms with Gasteiger partial charge in [0.2, 0.25) is 0 Å². The summed E-state index contributed by atoms with van der Waals surface area (Å²) < 4.78 is 0. The highest BCUT2D eigenvalue weighted by atomic mass is 15.2. The summed E-state index contributed by atoms with van der Waals surface area (Å²) in [5.41, 5.74) is 0. The lowest BCUT2D eigenvalue weighted by atomic mass is 9.83. The molecule has 0 aromatic heterocycles. The van der Waals surface area contributed by atoms with E-state index >= 15 is 0 Å². The Labute approximate surface area is 107 Å². The van der Waals surface area contributed by atoms with Crippen molar-refractivity contribution in [2.24, 2.45) is 11.8 Å². The lowest BCUT2D eigenvalue weighted by molar-refractivity contribution is 0.0863.